The Morgan fingerprint density at radius 1 is 1.05 bits per heavy atom. The van der Waals surface area contributed by atoms with Crippen LogP contribution in [-0.4, -0.2) is 11.5 Å². The second-order valence-corrected chi connectivity index (χ2v) is 6.80. The van der Waals surface area contributed by atoms with Crippen molar-refractivity contribution in [2.75, 3.05) is 5.75 Å². The van der Waals surface area contributed by atoms with E-state index < -0.39 is 0 Å². The number of ketones is 1. The molecular weight excluding hydrogens is 288 g/mol. The summed E-state index contributed by atoms with van der Waals surface area (Å²) in [5, 5.41) is 0. The molecule has 0 radical (unpaired) electrons. The minimum atomic E-state index is 0.0485. The van der Waals surface area contributed by atoms with Crippen LogP contribution in [0.25, 0.3) is 6.08 Å². The van der Waals surface area contributed by atoms with E-state index in [4.69, 9.17) is 0 Å². The molecule has 0 N–H and O–H groups in total. The summed E-state index contributed by atoms with van der Waals surface area (Å²) in [5.74, 6) is 1.09. The molecule has 0 saturated heterocycles. The highest BCUT2D eigenvalue weighted by atomic mass is 32.2. The summed E-state index contributed by atoms with van der Waals surface area (Å²) in [6.45, 7) is 8.38. The van der Waals surface area contributed by atoms with Crippen LogP contribution in [0, 0.1) is 20.8 Å². The Bertz CT molecular complexity index is 673. The summed E-state index contributed by atoms with van der Waals surface area (Å²) in [4.78, 5) is 13.5. The molecule has 2 heteroatoms. The number of carbonyl (C=O) groups is 1. The highest BCUT2D eigenvalue weighted by Crippen LogP contribution is 2.20. The van der Waals surface area contributed by atoms with E-state index in [1.807, 2.05) is 30.3 Å². The normalized spacial score (nSPS) is 11.1. The van der Waals surface area contributed by atoms with Gasteiger partial charge < -0.3 is 0 Å². The van der Waals surface area contributed by atoms with Gasteiger partial charge in [-0.05, 0) is 73.6 Å². The lowest BCUT2D eigenvalue weighted by Gasteiger charge is -2.07. The van der Waals surface area contributed by atoms with Crippen LogP contribution in [0.2, 0.25) is 0 Å². The van der Waals surface area contributed by atoms with Crippen molar-refractivity contribution in [3.05, 3.63) is 70.3 Å². The summed E-state index contributed by atoms with van der Waals surface area (Å²) in [6.07, 6.45) is 3.60. The first kappa shape index (κ1) is 16.6. The molecule has 2 aromatic rings. The molecule has 0 aromatic heterocycles. The molecule has 0 aliphatic carbocycles. The van der Waals surface area contributed by atoms with E-state index in [-0.39, 0.29) is 5.78 Å². The number of thioether (sulfide) groups is 1. The standard InChI is InChI=1S/C20H22OS/c1-5-22-18-8-6-17(7-9-18)20(21)11-10-19-15(3)12-14(2)13-16(19)4/h6-13H,5H2,1-4H3. The Morgan fingerprint density at radius 2 is 1.64 bits per heavy atom. The van der Waals surface area contributed by atoms with Crippen molar-refractivity contribution in [3.8, 4) is 0 Å². The smallest absolute Gasteiger partial charge is 0.185 e. The lowest BCUT2D eigenvalue weighted by Crippen LogP contribution is -1.95. The quantitative estimate of drug-likeness (QED) is 0.405. The summed E-state index contributed by atoms with van der Waals surface area (Å²) < 4.78 is 0. The number of aryl methyl sites for hydroxylation is 3. The summed E-state index contributed by atoms with van der Waals surface area (Å²) in [6, 6.07) is 12.1. The van der Waals surface area contributed by atoms with Crippen molar-refractivity contribution in [3.63, 3.8) is 0 Å². The summed E-state index contributed by atoms with van der Waals surface area (Å²) in [7, 11) is 0. The molecule has 0 unspecified atom stereocenters. The van der Waals surface area contributed by atoms with Crippen molar-refractivity contribution >= 4 is 23.6 Å². The van der Waals surface area contributed by atoms with Crippen molar-refractivity contribution in [1.82, 2.24) is 0 Å². The number of benzene rings is 2. The molecule has 0 atom stereocenters. The first-order valence-corrected chi connectivity index (χ1v) is 8.53. The molecule has 0 aliphatic rings. The van der Waals surface area contributed by atoms with E-state index in [2.05, 4.69) is 39.8 Å². The second kappa shape index (κ2) is 7.46. The maximum Gasteiger partial charge on any atom is 0.185 e. The number of hydrogen-bond acceptors (Lipinski definition) is 2. The molecule has 1 nitrogen and oxygen atoms in total. The van der Waals surface area contributed by atoms with E-state index in [9.17, 15) is 4.79 Å². The van der Waals surface area contributed by atoms with Gasteiger partial charge in [0, 0.05) is 10.5 Å². The van der Waals surface area contributed by atoms with Crippen LogP contribution in [0.1, 0.15) is 39.5 Å². The number of rotatable bonds is 5. The molecule has 22 heavy (non-hydrogen) atoms. The van der Waals surface area contributed by atoms with E-state index >= 15 is 0 Å². The topological polar surface area (TPSA) is 17.1 Å². The largest absolute Gasteiger partial charge is 0.289 e. The zero-order valence-corrected chi connectivity index (χ0v) is 14.5. The minimum Gasteiger partial charge on any atom is -0.289 e. The highest BCUT2D eigenvalue weighted by molar-refractivity contribution is 7.99. The van der Waals surface area contributed by atoms with Crippen molar-refractivity contribution < 1.29 is 4.79 Å². The first-order valence-electron chi connectivity index (χ1n) is 7.54. The average molecular weight is 310 g/mol. The molecular formula is C20H22OS. The average Bonchev–Trinajstić information content (AvgIpc) is 2.47. The lowest BCUT2D eigenvalue weighted by atomic mass is 9.99. The Labute approximate surface area is 137 Å². The van der Waals surface area contributed by atoms with Crippen LogP contribution >= 0.6 is 11.8 Å². The fraction of sp³-hybridized carbons (Fsp3) is 0.250. The minimum absolute atomic E-state index is 0.0485. The molecule has 0 fully saturated rings. The number of carbonyl (C=O) groups excluding carboxylic acids is 1. The van der Waals surface area contributed by atoms with Crippen LogP contribution in [0.5, 0.6) is 0 Å². The SMILES string of the molecule is CCSc1ccc(C(=O)C=Cc2c(C)cc(C)cc2C)cc1. The lowest BCUT2D eigenvalue weighted by molar-refractivity contribution is 0.104. The molecule has 114 valence electrons. The molecule has 0 saturated carbocycles. The van der Waals surface area contributed by atoms with E-state index in [0.717, 1.165) is 16.9 Å². The van der Waals surface area contributed by atoms with E-state index in [1.165, 1.54) is 21.6 Å². The number of hydrogen-bond donors (Lipinski definition) is 0. The van der Waals surface area contributed by atoms with Gasteiger partial charge in [-0.2, -0.15) is 0 Å². The fourth-order valence-electron chi connectivity index (χ4n) is 2.59. The Balaban J connectivity index is 2.18. The van der Waals surface area contributed by atoms with Crippen LogP contribution in [-0.2, 0) is 0 Å². The van der Waals surface area contributed by atoms with Crippen molar-refractivity contribution in [2.45, 2.75) is 32.6 Å². The van der Waals surface area contributed by atoms with Gasteiger partial charge in [0.25, 0.3) is 0 Å². The third kappa shape index (κ3) is 4.11. The van der Waals surface area contributed by atoms with Gasteiger partial charge in [0.1, 0.15) is 0 Å². The van der Waals surface area contributed by atoms with Gasteiger partial charge in [-0.25, -0.2) is 0 Å². The molecule has 0 spiro atoms. The summed E-state index contributed by atoms with van der Waals surface area (Å²) in [5.41, 5.74) is 5.53. The van der Waals surface area contributed by atoms with E-state index in [1.54, 1.807) is 17.8 Å². The molecule has 0 heterocycles. The highest BCUT2D eigenvalue weighted by Gasteiger charge is 2.04. The molecule has 0 aliphatic heterocycles. The Hall–Kier alpha value is -1.80. The predicted molar refractivity (Wildman–Crippen MR) is 96.9 cm³/mol. The predicted octanol–water partition coefficient (Wildman–Crippen LogP) is 5.62. The van der Waals surface area contributed by atoms with Gasteiger partial charge in [0.2, 0.25) is 0 Å². The zero-order chi connectivity index (χ0) is 16.1. The Kier molecular flexibility index (Phi) is 5.62. The van der Waals surface area contributed by atoms with Crippen LogP contribution in [0.3, 0.4) is 0 Å². The number of allylic oxidation sites excluding steroid dienone is 1. The van der Waals surface area contributed by atoms with Gasteiger partial charge >= 0.3 is 0 Å². The van der Waals surface area contributed by atoms with Crippen LogP contribution in [0.15, 0.2) is 47.4 Å². The maximum absolute atomic E-state index is 12.3. The van der Waals surface area contributed by atoms with Crippen molar-refractivity contribution in [1.29, 1.82) is 0 Å². The maximum atomic E-state index is 12.3. The van der Waals surface area contributed by atoms with Crippen LogP contribution in [0.4, 0.5) is 0 Å². The zero-order valence-electron chi connectivity index (χ0n) is 13.6. The first-order chi connectivity index (χ1) is 10.5. The van der Waals surface area contributed by atoms with E-state index in [0.29, 0.717) is 0 Å². The third-order valence-corrected chi connectivity index (χ3v) is 4.48. The molecule has 0 amide bonds. The molecule has 0 bridgehead atoms. The van der Waals surface area contributed by atoms with Gasteiger partial charge in [0.05, 0.1) is 0 Å². The fourth-order valence-corrected chi connectivity index (χ4v) is 3.25. The molecule has 2 aromatic carbocycles. The monoisotopic (exact) mass is 310 g/mol. The van der Waals surface area contributed by atoms with Crippen LogP contribution < -0.4 is 0 Å². The van der Waals surface area contributed by atoms with Gasteiger partial charge in [-0.3, -0.25) is 4.79 Å². The summed E-state index contributed by atoms with van der Waals surface area (Å²) >= 11 is 1.78. The third-order valence-electron chi connectivity index (χ3n) is 3.59. The Morgan fingerprint density at radius 3 is 2.18 bits per heavy atom. The van der Waals surface area contributed by atoms with Gasteiger partial charge in [-0.15, -0.1) is 11.8 Å². The van der Waals surface area contributed by atoms with Crippen molar-refractivity contribution in [2.24, 2.45) is 0 Å². The second-order valence-electron chi connectivity index (χ2n) is 5.47. The molecule has 2 rings (SSSR count). The van der Waals surface area contributed by atoms with Gasteiger partial charge in [0.15, 0.2) is 5.78 Å². The van der Waals surface area contributed by atoms with Gasteiger partial charge in [-0.1, -0.05) is 30.7 Å².